The Bertz CT molecular complexity index is 1340. The van der Waals surface area contributed by atoms with Crippen LogP contribution < -0.4 is 10.2 Å². The van der Waals surface area contributed by atoms with Crippen molar-refractivity contribution < 1.29 is 0 Å². The molecule has 2 saturated heterocycles. The Morgan fingerprint density at radius 1 is 1.22 bits per heavy atom. The van der Waals surface area contributed by atoms with Crippen molar-refractivity contribution >= 4 is 50.1 Å². The van der Waals surface area contributed by atoms with Crippen molar-refractivity contribution in [2.45, 2.75) is 43.8 Å². The van der Waals surface area contributed by atoms with Crippen molar-refractivity contribution in [3.8, 4) is 17.5 Å². The lowest BCUT2D eigenvalue weighted by molar-refractivity contribution is 0.354. The summed E-state index contributed by atoms with van der Waals surface area (Å²) in [4.78, 5) is 17.4. The van der Waals surface area contributed by atoms with Crippen molar-refractivity contribution in [1.29, 1.82) is 5.26 Å². The van der Waals surface area contributed by atoms with Crippen LogP contribution in [0.1, 0.15) is 31.2 Å². The first kappa shape index (κ1) is 21.1. The molecule has 0 saturated carbocycles. The summed E-state index contributed by atoms with van der Waals surface area (Å²) in [5.41, 5.74) is 2.86. The fourth-order valence-corrected chi connectivity index (χ4v) is 5.93. The molecule has 32 heavy (non-hydrogen) atoms. The zero-order valence-corrected chi connectivity index (χ0v) is 19.4. The maximum atomic E-state index is 9.56. The number of benzene rings is 1. The van der Waals surface area contributed by atoms with E-state index in [0.29, 0.717) is 35.0 Å². The molecule has 1 N–H and O–H groups in total. The van der Waals surface area contributed by atoms with E-state index in [2.05, 4.69) is 33.4 Å². The molecule has 0 amide bonds. The van der Waals surface area contributed by atoms with Gasteiger partial charge in [0.05, 0.1) is 11.8 Å². The maximum absolute atomic E-state index is 9.56. The highest BCUT2D eigenvalue weighted by Crippen LogP contribution is 2.35. The molecule has 6 rings (SSSR count). The first-order valence-corrected chi connectivity index (χ1v) is 11.4. The number of hydrogen-bond acceptors (Lipinski definition) is 8. The first-order valence-electron chi connectivity index (χ1n) is 10.6. The topological polar surface area (TPSA) is 95.5 Å². The number of piperidine rings is 1. The minimum atomic E-state index is 0. The largest absolute Gasteiger partial charge is 0.348 e. The summed E-state index contributed by atoms with van der Waals surface area (Å²) < 4.78 is 1.72. The van der Waals surface area contributed by atoms with Gasteiger partial charge in [-0.2, -0.15) is 10.4 Å². The third kappa shape index (κ3) is 3.48. The van der Waals surface area contributed by atoms with Gasteiger partial charge in [0.2, 0.25) is 0 Å². The fourth-order valence-electron chi connectivity index (χ4n) is 4.98. The summed E-state index contributed by atoms with van der Waals surface area (Å²) in [5.74, 6) is 0.604. The van der Waals surface area contributed by atoms with Gasteiger partial charge in [0.25, 0.3) is 0 Å². The molecule has 10 heteroatoms. The number of aryl methyl sites for hydroxylation is 1. The molecule has 2 aliphatic heterocycles. The Morgan fingerprint density at radius 3 is 2.75 bits per heavy atom. The maximum Gasteiger partial charge on any atom is 0.187 e. The molecule has 4 aromatic rings. The first-order chi connectivity index (χ1) is 15.1. The number of aromatic nitrogens is 5. The molecule has 8 nitrogen and oxygen atoms in total. The van der Waals surface area contributed by atoms with Gasteiger partial charge in [-0.05, 0) is 37.8 Å². The highest BCUT2D eigenvalue weighted by Gasteiger charge is 2.35. The highest BCUT2D eigenvalue weighted by atomic mass is 35.5. The molecule has 2 bridgehead atoms. The predicted molar refractivity (Wildman–Crippen MR) is 128 cm³/mol. The van der Waals surface area contributed by atoms with Crippen LogP contribution in [0, 0.1) is 11.3 Å². The number of thiazole rings is 1. The SMILES string of the molecule is CN(c1nc2cnc(-c3cc(C#N)c4nn(C)cc4c3)nc2s1)[C@@H]1C[C@H]2CC[C@@H](C1)N2.Cl. The molecule has 1 aromatic carbocycles. The van der Waals surface area contributed by atoms with Crippen LogP contribution in [0.4, 0.5) is 5.13 Å². The molecule has 0 aliphatic carbocycles. The molecule has 2 aliphatic rings. The van der Waals surface area contributed by atoms with Crippen molar-refractivity contribution in [2.24, 2.45) is 7.05 Å². The standard InChI is InChI=1S/C22H22N8S.ClH/c1-29-11-14-6-12(5-13(9-23)19(14)28-29)20-24-10-18-21(27-20)31-22(26-18)30(2)17-7-15-3-4-16(8-17)25-15;/h5-6,10-11,15-17,25H,3-4,7-8H2,1-2H3;1H/t15-,16+,17-;. The second kappa shape index (κ2) is 7.96. The number of nitriles is 1. The summed E-state index contributed by atoms with van der Waals surface area (Å²) in [7, 11) is 4.00. The number of fused-ring (bicyclic) bond motifs is 4. The third-order valence-corrected chi connectivity index (χ3v) is 7.59. The average molecular weight is 467 g/mol. The van der Waals surface area contributed by atoms with Gasteiger partial charge >= 0.3 is 0 Å². The van der Waals surface area contributed by atoms with Crippen LogP contribution in [-0.2, 0) is 7.05 Å². The van der Waals surface area contributed by atoms with E-state index in [-0.39, 0.29) is 12.4 Å². The highest BCUT2D eigenvalue weighted by molar-refractivity contribution is 7.21. The molecule has 2 fully saturated rings. The van der Waals surface area contributed by atoms with Gasteiger partial charge in [-0.1, -0.05) is 11.3 Å². The molecule has 5 heterocycles. The zero-order valence-electron chi connectivity index (χ0n) is 17.8. The number of rotatable bonds is 3. The van der Waals surface area contributed by atoms with E-state index in [1.807, 2.05) is 25.4 Å². The van der Waals surface area contributed by atoms with Gasteiger partial charge in [-0.3, -0.25) is 4.68 Å². The number of nitrogens with zero attached hydrogens (tertiary/aromatic N) is 7. The lowest BCUT2D eigenvalue weighted by atomic mass is 9.99. The molecular formula is C22H23ClN8S. The smallest absolute Gasteiger partial charge is 0.187 e. The summed E-state index contributed by atoms with van der Waals surface area (Å²) in [5, 5.41) is 19.6. The third-order valence-electron chi connectivity index (χ3n) is 6.54. The Labute approximate surface area is 195 Å². The average Bonchev–Trinajstić information content (AvgIpc) is 3.46. The number of halogens is 1. The van der Waals surface area contributed by atoms with E-state index in [0.717, 1.165) is 26.4 Å². The molecule has 0 unspecified atom stereocenters. The fraction of sp³-hybridized carbons (Fsp3) is 0.409. The summed E-state index contributed by atoms with van der Waals surface area (Å²) in [6, 6.07) is 7.85. The molecule has 3 atom stereocenters. The van der Waals surface area contributed by atoms with Crippen molar-refractivity contribution in [3.63, 3.8) is 0 Å². The van der Waals surface area contributed by atoms with E-state index >= 15 is 0 Å². The van der Waals surface area contributed by atoms with Gasteiger partial charge in [0, 0.05) is 49.4 Å². The van der Waals surface area contributed by atoms with E-state index < -0.39 is 0 Å². The number of nitrogens with one attached hydrogen (secondary N) is 1. The van der Waals surface area contributed by atoms with Gasteiger partial charge in [0.1, 0.15) is 21.9 Å². The normalized spacial score (nSPS) is 22.1. The van der Waals surface area contributed by atoms with Gasteiger partial charge < -0.3 is 10.2 Å². The summed E-state index contributed by atoms with van der Waals surface area (Å²) in [6.07, 6.45) is 8.61. The van der Waals surface area contributed by atoms with Crippen LogP contribution in [0.3, 0.4) is 0 Å². The van der Waals surface area contributed by atoms with E-state index in [4.69, 9.17) is 9.97 Å². The quantitative estimate of drug-likeness (QED) is 0.492. The lowest BCUT2D eigenvalue weighted by Gasteiger charge is -2.35. The van der Waals surface area contributed by atoms with Gasteiger partial charge in [0.15, 0.2) is 11.0 Å². The van der Waals surface area contributed by atoms with E-state index in [1.54, 1.807) is 22.2 Å². The minimum absolute atomic E-state index is 0. The predicted octanol–water partition coefficient (Wildman–Crippen LogP) is 3.65. The Morgan fingerprint density at radius 2 is 2.00 bits per heavy atom. The van der Waals surface area contributed by atoms with E-state index in [1.165, 1.54) is 25.7 Å². The van der Waals surface area contributed by atoms with Crippen LogP contribution in [-0.4, -0.2) is 49.9 Å². The second-order valence-electron chi connectivity index (χ2n) is 8.63. The van der Waals surface area contributed by atoms with E-state index in [9.17, 15) is 5.26 Å². The number of anilines is 1. The number of hydrogen-bond donors (Lipinski definition) is 1. The van der Waals surface area contributed by atoms with Gasteiger partial charge in [-0.25, -0.2) is 15.0 Å². The van der Waals surface area contributed by atoms with Crippen molar-refractivity contribution in [1.82, 2.24) is 30.0 Å². The molecular weight excluding hydrogens is 444 g/mol. The minimum Gasteiger partial charge on any atom is -0.348 e. The summed E-state index contributed by atoms with van der Waals surface area (Å²) >= 11 is 1.61. The monoisotopic (exact) mass is 466 g/mol. The Kier molecular flexibility index (Phi) is 5.24. The van der Waals surface area contributed by atoms with Crippen LogP contribution in [0.5, 0.6) is 0 Å². The summed E-state index contributed by atoms with van der Waals surface area (Å²) in [6.45, 7) is 0. The Hall–Kier alpha value is -2.80. The van der Waals surface area contributed by atoms with Crippen LogP contribution >= 0.6 is 23.7 Å². The molecule has 0 radical (unpaired) electrons. The van der Waals surface area contributed by atoms with Crippen molar-refractivity contribution in [2.75, 3.05) is 11.9 Å². The van der Waals surface area contributed by atoms with Crippen LogP contribution in [0.2, 0.25) is 0 Å². The van der Waals surface area contributed by atoms with Gasteiger partial charge in [-0.15, -0.1) is 12.4 Å². The van der Waals surface area contributed by atoms with Crippen LogP contribution in [0.15, 0.2) is 24.5 Å². The molecule has 0 spiro atoms. The second-order valence-corrected chi connectivity index (χ2v) is 9.59. The van der Waals surface area contributed by atoms with Crippen molar-refractivity contribution in [3.05, 3.63) is 30.1 Å². The zero-order chi connectivity index (χ0) is 21.1. The van der Waals surface area contributed by atoms with Crippen LogP contribution in [0.25, 0.3) is 32.6 Å². The lowest BCUT2D eigenvalue weighted by Crippen LogP contribution is -2.47. The molecule has 3 aromatic heterocycles. The molecule has 164 valence electrons. The Balaban J connectivity index is 0.00000216.